The summed E-state index contributed by atoms with van der Waals surface area (Å²) in [6.07, 6.45) is 3.44. The van der Waals surface area contributed by atoms with Gasteiger partial charge in [-0.05, 0) is 43.4 Å². The van der Waals surface area contributed by atoms with Crippen LogP contribution >= 0.6 is 0 Å². The number of hydrogen-bond donors (Lipinski definition) is 2. The van der Waals surface area contributed by atoms with Crippen LogP contribution in [0.25, 0.3) is 0 Å². The van der Waals surface area contributed by atoms with Crippen LogP contribution in [-0.2, 0) is 0 Å². The molecule has 20 heavy (non-hydrogen) atoms. The van der Waals surface area contributed by atoms with E-state index >= 15 is 0 Å². The number of amides is 1. The molecule has 0 radical (unpaired) electrons. The van der Waals surface area contributed by atoms with Gasteiger partial charge in [0, 0.05) is 17.2 Å². The largest absolute Gasteiger partial charge is 0.384 e. The zero-order chi connectivity index (χ0) is 14.5. The lowest BCUT2D eigenvalue weighted by atomic mass is 10.0. The molecule has 0 spiro atoms. The number of hydrogen-bond acceptors (Lipinski definition) is 2. The van der Waals surface area contributed by atoms with Crippen LogP contribution in [0, 0.1) is 24.7 Å². The minimum absolute atomic E-state index is 0.0317. The summed E-state index contributed by atoms with van der Waals surface area (Å²) in [5.74, 6) is 6.03. The van der Waals surface area contributed by atoms with Gasteiger partial charge in [-0.1, -0.05) is 31.3 Å². The molecule has 0 aromatic heterocycles. The molecule has 1 aromatic carbocycles. The first-order valence-electron chi connectivity index (χ1n) is 7.13. The maximum absolute atomic E-state index is 12.3. The van der Waals surface area contributed by atoms with E-state index in [0.717, 1.165) is 17.5 Å². The zero-order valence-corrected chi connectivity index (χ0v) is 12.1. The smallest absolute Gasteiger partial charge is 0.251 e. The Kier molecular flexibility index (Phi) is 4.81. The van der Waals surface area contributed by atoms with Gasteiger partial charge >= 0.3 is 0 Å². The second kappa shape index (κ2) is 6.58. The Bertz CT molecular complexity index is 554. The SMILES string of the molecule is Cc1ccc(C(=O)NC2CCCC2C)cc1C#CCO. The first-order chi connectivity index (χ1) is 9.61. The van der Waals surface area contributed by atoms with Gasteiger partial charge in [0.15, 0.2) is 0 Å². The molecule has 1 aliphatic carbocycles. The maximum atomic E-state index is 12.3. The lowest BCUT2D eigenvalue weighted by Gasteiger charge is -2.17. The van der Waals surface area contributed by atoms with Gasteiger partial charge in [0.1, 0.15) is 6.61 Å². The van der Waals surface area contributed by atoms with Crippen molar-refractivity contribution in [3.8, 4) is 11.8 Å². The summed E-state index contributed by atoms with van der Waals surface area (Å²) in [7, 11) is 0. The quantitative estimate of drug-likeness (QED) is 0.811. The van der Waals surface area contributed by atoms with E-state index < -0.39 is 0 Å². The maximum Gasteiger partial charge on any atom is 0.251 e. The fourth-order valence-electron chi connectivity index (χ4n) is 2.64. The summed E-state index contributed by atoms with van der Waals surface area (Å²) in [5, 5.41) is 11.9. The summed E-state index contributed by atoms with van der Waals surface area (Å²) in [6, 6.07) is 5.81. The Morgan fingerprint density at radius 3 is 2.90 bits per heavy atom. The first-order valence-corrected chi connectivity index (χ1v) is 7.13. The summed E-state index contributed by atoms with van der Waals surface area (Å²) in [5.41, 5.74) is 2.44. The van der Waals surface area contributed by atoms with Crippen molar-refractivity contribution in [2.45, 2.75) is 39.2 Å². The molecule has 2 atom stereocenters. The third-order valence-corrected chi connectivity index (χ3v) is 3.98. The fraction of sp³-hybridized carbons (Fsp3) is 0.471. The summed E-state index contributed by atoms with van der Waals surface area (Å²) in [6.45, 7) is 3.96. The van der Waals surface area contributed by atoms with Gasteiger partial charge in [0.2, 0.25) is 0 Å². The highest BCUT2D eigenvalue weighted by Gasteiger charge is 2.25. The Morgan fingerprint density at radius 2 is 2.25 bits per heavy atom. The number of aliphatic hydroxyl groups is 1. The Labute approximate surface area is 120 Å². The van der Waals surface area contributed by atoms with Crippen molar-refractivity contribution in [2.75, 3.05) is 6.61 Å². The van der Waals surface area contributed by atoms with Crippen molar-refractivity contribution in [1.29, 1.82) is 0 Å². The van der Waals surface area contributed by atoms with Crippen molar-refractivity contribution in [2.24, 2.45) is 5.92 Å². The Morgan fingerprint density at radius 1 is 1.45 bits per heavy atom. The lowest BCUT2D eigenvalue weighted by molar-refractivity contribution is 0.0929. The standard InChI is InChI=1S/C17H21NO2/c1-12-8-9-15(11-14(12)6-4-10-19)17(20)18-16-7-3-5-13(16)2/h8-9,11,13,16,19H,3,5,7,10H2,1-2H3,(H,18,20). The highest BCUT2D eigenvalue weighted by molar-refractivity contribution is 5.94. The van der Waals surface area contributed by atoms with E-state index in [1.165, 1.54) is 12.8 Å². The van der Waals surface area contributed by atoms with E-state index in [-0.39, 0.29) is 18.6 Å². The van der Waals surface area contributed by atoms with Crippen LogP contribution in [0.5, 0.6) is 0 Å². The Hall–Kier alpha value is -1.79. The van der Waals surface area contributed by atoms with E-state index in [1.54, 1.807) is 6.07 Å². The zero-order valence-electron chi connectivity index (χ0n) is 12.1. The molecule has 2 N–H and O–H groups in total. The number of carbonyl (C=O) groups is 1. The second-order valence-corrected chi connectivity index (χ2v) is 5.48. The van der Waals surface area contributed by atoms with Gasteiger partial charge in [0.05, 0.1) is 0 Å². The minimum atomic E-state index is -0.171. The van der Waals surface area contributed by atoms with Gasteiger partial charge in [-0.3, -0.25) is 4.79 Å². The number of aliphatic hydroxyl groups excluding tert-OH is 1. The molecule has 1 amide bonds. The molecule has 1 aromatic rings. The number of aryl methyl sites for hydroxylation is 1. The van der Waals surface area contributed by atoms with E-state index in [2.05, 4.69) is 24.1 Å². The van der Waals surface area contributed by atoms with Crippen molar-refractivity contribution >= 4 is 5.91 Å². The predicted molar refractivity (Wildman–Crippen MR) is 79.4 cm³/mol. The van der Waals surface area contributed by atoms with Crippen LogP contribution in [0.1, 0.15) is 47.7 Å². The van der Waals surface area contributed by atoms with Crippen LogP contribution in [0.4, 0.5) is 0 Å². The van der Waals surface area contributed by atoms with Gasteiger partial charge in [-0.2, -0.15) is 0 Å². The molecular formula is C17H21NO2. The average Bonchev–Trinajstić information content (AvgIpc) is 2.83. The predicted octanol–water partition coefficient (Wildman–Crippen LogP) is 2.26. The number of nitrogens with one attached hydrogen (secondary N) is 1. The van der Waals surface area contributed by atoms with Crippen molar-refractivity contribution in [3.63, 3.8) is 0 Å². The van der Waals surface area contributed by atoms with E-state index in [0.29, 0.717) is 11.5 Å². The highest BCUT2D eigenvalue weighted by atomic mass is 16.2. The monoisotopic (exact) mass is 271 g/mol. The van der Waals surface area contributed by atoms with E-state index in [1.807, 2.05) is 19.1 Å². The van der Waals surface area contributed by atoms with Gasteiger partial charge in [-0.15, -0.1) is 0 Å². The molecule has 0 bridgehead atoms. The fourth-order valence-corrected chi connectivity index (χ4v) is 2.64. The Balaban J connectivity index is 2.13. The molecule has 0 heterocycles. The minimum Gasteiger partial charge on any atom is -0.384 e. The summed E-state index contributed by atoms with van der Waals surface area (Å²) >= 11 is 0. The number of benzene rings is 1. The van der Waals surface area contributed by atoms with Crippen LogP contribution in [-0.4, -0.2) is 23.7 Å². The van der Waals surface area contributed by atoms with Gasteiger partial charge < -0.3 is 10.4 Å². The molecule has 0 aliphatic heterocycles. The number of rotatable bonds is 2. The highest BCUT2D eigenvalue weighted by Crippen LogP contribution is 2.25. The van der Waals surface area contributed by atoms with Crippen LogP contribution < -0.4 is 5.32 Å². The summed E-state index contributed by atoms with van der Waals surface area (Å²) < 4.78 is 0. The number of carbonyl (C=O) groups excluding carboxylic acids is 1. The molecule has 106 valence electrons. The van der Waals surface area contributed by atoms with E-state index in [4.69, 9.17) is 5.11 Å². The molecule has 3 nitrogen and oxygen atoms in total. The second-order valence-electron chi connectivity index (χ2n) is 5.48. The van der Waals surface area contributed by atoms with Crippen molar-refractivity contribution < 1.29 is 9.90 Å². The van der Waals surface area contributed by atoms with Crippen LogP contribution in [0.3, 0.4) is 0 Å². The third-order valence-electron chi connectivity index (χ3n) is 3.98. The third kappa shape index (κ3) is 3.40. The van der Waals surface area contributed by atoms with Gasteiger partial charge in [-0.25, -0.2) is 0 Å². The van der Waals surface area contributed by atoms with E-state index in [9.17, 15) is 4.79 Å². The lowest BCUT2D eigenvalue weighted by Crippen LogP contribution is -2.36. The molecule has 1 aliphatic rings. The first kappa shape index (κ1) is 14.6. The molecule has 0 saturated heterocycles. The average molecular weight is 271 g/mol. The molecule has 2 rings (SSSR count). The van der Waals surface area contributed by atoms with Crippen LogP contribution in [0.15, 0.2) is 18.2 Å². The topological polar surface area (TPSA) is 49.3 Å². The molecular weight excluding hydrogens is 250 g/mol. The molecule has 1 saturated carbocycles. The summed E-state index contributed by atoms with van der Waals surface area (Å²) in [4.78, 5) is 12.3. The molecule has 2 unspecified atom stereocenters. The molecule has 1 fully saturated rings. The van der Waals surface area contributed by atoms with Crippen LogP contribution in [0.2, 0.25) is 0 Å². The van der Waals surface area contributed by atoms with Crippen molar-refractivity contribution in [1.82, 2.24) is 5.32 Å². The normalized spacial score (nSPS) is 21.1. The van der Waals surface area contributed by atoms with Gasteiger partial charge in [0.25, 0.3) is 5.91 Å². The molecule has 3 heteroatoms. The van der Waals surface area contributed by atoms with Crippen molar-refractivity contribution in [3.05, 3.63) is 34.9 Å².